The summed E-state index contributed by atoms with van der Waals surface area (Å²) in [6.45, 7) is 6.61. The van der Waals surface area contributed by atoms with Gasteiger partial charge in [-0.2, -0.15) is 0 Å². The molecule has 60 heavy (non-hydrogen) atoms. The van der Waals surface area contributed by atoms with Crippen molar-refractivity contribution in [1.29, 1.82) is 0 Å². The van der Waals surface area contributed by atoms with Gasteiger partial charge in [0.15, 0.2) is 6.04 Å². The number of hydrogen-bond acceptors (Lipinski definition) is 10. The van der Waals surface area contributed by atoms with Crippen LogP contribution < -0.4 is 5.32 Å². The number of carbonyl (C=O) groups excluding carboxylic acids is 6. The van der Waals surface area contributed by atoms with E-state index in [1.807, 2.05) is 78.9 Å². The minimum Gasteiger partial charge on any atom is -0.459 e. The van der Waals surface area contributed by atoms with Crippen LogP contribution in [-0.4, -0.2) is 113 Å². The second-order valence-electron chi connectivity index (χ2n) is 15.9. The first-order valence-corrected chi connectivity index (χ1v) is 20.2. The highest BCUT2D eigenvalue weighted by Gasteiger charge is 2.57. The van der Waals surface area contributed by atoms with Crippen LogP contribution in [0.1, 0.15) is 56.7 Å². The molecule has 16 nitrogen and oxygen atoms in total. The van der Waals surface area contributed by atoms with E-state index in [0.717, 1.165) is 21.6 Å². The highest BCUT2D eigenvalue weighted by atomic mass is 16.6. The SMILES string of the molecule is CC(C)(C)OC(=O)N1CCN(C(=O)N2C(=O)[C@H](CC3CCCN(C(=NC(=O)OCc4ccccc4)NC(=O)OCc4ccccc4)C3)C2C(=O)OCc2ccccc2)CC1. The molecule has 16 heteroatoms. The number of nitrogens with one attached hydrogen (secondary N) is 1. The molecule has 0 aromatic heterocycles. The molecule has 3 aliphatic rings. The van der Waals surface area contributed by atoms with Crippen LogP contribution in [0.5, 0.6) is 0 Å². The van der Waals surface area contributed by atoms with E-state index >= 15 is 0 Å². The Morgan fingerprint density at radius 2 is 1.23 bits per heavy atom. The molecule has 3 saturated heterocycles. The summed E-state index contributed by atoms with van der Waals surface area (Å²) < 4.78 is 22.0. The number of hydrogen-bond donors (Lipinski definition) is 1. The summed E-state index contributed by atoms with van der Waals surface area (Å²) in [6.07, 6.45) is -0.742. The molecule has 3 fully saturated rings. The van der Waals surface area contributed by atoms with Gasteiger partial charge in [0.05, 0.1) is 5.92 Å². The Balaban J connectivity index is 1.14. The van der Waals surface area contributed by atoms with Crippen LogP contribution in [0.4, 0.5) is 19.2 Å². The molecule has 0 radical (unpaired) electrons. The Morgan fingerprint density at radius 1 is 0.700 bits per heavy atom. The van der Waals surface area contributed by atoms with E-state index in [1.54, 1.807) is 37.8 Å². The quantitative estimate of drug-likeness (QED) is 0.0887. The van der Waals surface area contributed by atoms with Crippen LogP contribution >= 0.6 is 0 Å². The Morgan fingerprint density at radius 3 is 1.80 bits per heavy atom. The third kappa shape index (κ3) is 11.8. The number of piperazine rings is 1. The van der Waals surface area contributed by atoms with Crippen molar-refractivity contribution in [2.24, 2.45) is 16.8 Å². The van der Waals surface area contributed by atoms with Crippen LogP contribution in [0.25, 0.3) is 0 Å². The number of guanidine groups is 1. The summed E-state index contributed by atoms with van der Waals surface area (Å²) in [5, 5.41) is 2.62. The lowest BCUT2D eigenvalue weighted by Gasteiger charge is -2.48. The van der Waals surface area contributed by atoms with Gasteiger partial charge in [-0.1, -0.05) is 91.0 Å². The number of alkyl carbamates (subject to hydrolysis) is 1. The second kappa shape index (κ2) is 20.0. The Kier molecular flexibility index (Phi) is 14.4. The van der Waals surface area contributed by atoms with E-state index in [1.165, 1.54) is 9.80 Å². The monoisotopic (exact) mass is 824 g/mol. The van der Waals surface area contributed by atoms with E-state index in [-0.39, 0.29) is 70.8 Å². The van der Waals surface area contributed by atoms with E-state index in [0.29, 0.717) is 19.4 Å². The predicted molar refractivity (Wildman–Crippen MR) is 218 cm³/mol. The van der Waals surface area contributed by atoms with E-state index in [2.05, 4.69) is 10.3 Å². The molecule has 0 spiro atoms. The second-order valence-corrected chi connectivity index (χ2v) is 15.9. The van der Waals surface area contributed by atoms with E-state index in [9.17, 15) is 28.8 Å². The number of urea groups is 1. The van der Waals surface area contributed by atoms with Crippen molar-refractivity contribution in [3.05, 3.63) is 108 Å². The molecule has 318 valence electrons. The number of carbonyl (C=O) groups is 6. The summed E-state index contributed by atoms with van der Waals surface area (Å²) in [4.78, 5) is 90.2. The van der Waals surface area contributed by atoms with Gasteiger partial charge in [-0.05, 0) is 62.6 Å². The number of rotatable bonds is 9. The minimum atomic E-state index is -1.18. The van der Waals surface area contributed by atoms with Crippen molar-refractivity contribution in [1.82, 2.24) is 24.9 Å². The van der Waals surface area contributed by atoms with Gasteiger partial charge >= 0.3 is 30.3 Å². The Bertz CT molecular complexity index is 2000. The number of esters is 1. The standard InChI is InChI=1S/C44H52N6O10/c1-44(2,3)60-43(56)48-24-22-47(23-25-48)42(55)50-36(38(52)57-28-31-14-7-4-8-15-31)35(37(50)51)26-34-20-13-21-49(27-34)39(45-40(53)58-29-32-16-9-5-10-17-32)46-41(54)59-30-33-18-11-6-12-19-33/h4-12,14-19,34-36H,13,20-30H2,1-3H3,(H,45,46,53,54)/t34?,35-,36?/m1/s1. The van der Waals surface area contributed by atoms with E-state index < -0.39 is 53.7 Å². The Hall–Kier alpha value is -6.45. The Labute approximate surface area is 349 Å². The molecule has 0 saturated carbocycles. The number of piperidine rings is 1. The number of likely N-dealkylation sites (tertiary alicyclic amines) is 2. The number of aliphatic imine (C=N–C) groups is 1. The summed E-state index contributed by atoms with van der Waals surface area (Å²) in [5.41, 5.74) is 1.59. The molecular weight excluding hydrogens is 773 g/mol. The van der Waals surface area contributed by atoms with Crippen molar-refractivity contribution in [2.45, 2.75) is 71.5 Å². The fraction of sp³-hybridized carbons (Fsp3) is 0.432. The molecule has 6 rings (SSSR count). The maximum absolute atomic E-state index is 13.9. The minimum absolute atomic E-state index is 0.0127. The molecule has 1 N–H and O–H groups in total. The number of nitrogens with zero attached hydrogens (tertiary/aromatic N) is 5. The lowest BCUT2D eigenvalue weighted by atomic mass is 9.78. The predicted octanol–water partition coefficient (Wildman–Crippen LogP) is 5.95. The topological polar surface area (TPSA) is 177 Å². The van der Waals surface area contributed by atoms with Crippen LogP contribution in [0.2, 0.25) is 0 Å². The first kappa shape index (κ1) is 43.1. The largest absolute Gasteiger partial charge is 0.459 e. The average molecular weight is 825 g/mol. The molecule has 3 aliphatic heterocycles. The molecule has 2 unspecified atom stereocenters. The zero-order valence-corrected chi connectivity index (χ0v) is 34.2. The number of ether oxygens (including phenoxy) is 4. The van der Waals surface area contributed by atoms with Crippen molar-refractivity contribution in [3.8, 4) is 0 Å². The fourth-order valence-electron chi connectivity index (χ4n) is 7.31. The summed E-state index contributed by atoms with van der Waals surface area (Å²) in [6, 6.07) is 25.5. The van der Waals surface area contributed by atoms with Crippen LogP contribution in [-0.2, 0) is 48.4 Å². The molecular formula is C44H52N6O10. The van der Waals surface area contributed by atoms with Crippen molar-refractivity contribution >= 4 is 42.1 Å². The highest BCUT2D eigenvalue weighted by Crippen LogP contribution is 2.37. The molecule has 3 aromatic carbocycles. The van der Waals surface area contributed by atoms with Crippen molar-refractivity contribution < 1.29 is 47.7 Å². The maximum atomic E-state index is 13.9. The van der Waals surface area contributed by atoms with Gasteiger partial charge < -0.3 is 33.6 Å². The normalized spacial score (nSPS) is 19.5. The first-order chi connectivity index (χ1) is 28.8. The fourth-order valence-corrected chi connectivity index (χ4v) is 7.31. The summed E-state index contributed by atoms with van der Waals surface area (Å²) in [5.74, 6) is -2.36. The number of benzene rings is 3. The van der Waals surface area contributed by atoms with Crippen LogP contribution in [0.15, 0.2) is 96.0 Å². The van der Waals surface area contributed by atoms with Gasteiger partial charge in [-0.15, -0.1) is 4.99 Å². The summed E-state index contributed by atoms with van der Waals surface area (Å²) >= 11 is 0. The molecule has 6 amide bonds. The van der Waals surface area contributed by atoms with Gasteiger partial charge in [0, 0.05) is 39.3 Å². The molecule has 0 bridgehead atoms. The number of amides is 6. The van der Waals surface area contributed by atoms with E-state index in [4.69, 9.17) is 18.9 Å². The first-order valence-electron chi connectivity index (χ1n) is 20.2. The zero-order chi connectivity index (χ0) is 42.6. The number of imide groups is 1. The van der Waals surface area contributed by atoms with Gasteiger partial charge in [-0.25, -0.2) is 28.9 Å². The van der Waals surface area contributed by atoms with Crippen molar-refractivity contribution in [3.63, 3.8) is 0 Å². The molecule has 3 aromatic rings. The molecule has 0 aliphatic carbocycles. The lowest BCUT2D eigenvalue weighted by Crippen LogP contribution is -2.70. The zero-order valence-electron chi connectivity index (χ0n) is 34.2. The van der Waals surface area contributed by atoms with Gasteiger partial charge in [0.1, 0.15) is 25.4 Å². The average Bonchev–Trinajstić information content (AvgIpc) is 3.25. The smallest absolute Gasteiger partial charge is 0.437 e. The third-order valence-electron chi connectivity index (χ3n) is 10.3. The summed E-state index contributed by atoms with van der Waals surface area (Å²) in [7, 11) is 0. The van der Waals surface area contributed by atoms with Gasteiger partial charge in [0.25, 0.3) is 0 Å². The lowest BCUT2D eigenvalue weighted by molar-refractivity contribution is -0.172. The van der Waals surface area contributed by atoms with Gasteiger partial charge in [0.2, 0.25) is 11.9 Å². The van der Waals surface area contributed by atoms with Crippen LogP contribution in [0.3, 0.4) is 0 Å². The van der Waals surface area contributed by atoms with Crippen molar-refractivity contribution in [2.75, 3.05) is 39.3 Å². The van der Waals surface area contributed by atoms with Gasteiger partial charge in [-0.3, -0.25) is 10.1 Å². The number of β-lactam (4-membered cyclic amide) rings is 1. The van der Waals surface area contributed by atoms with Crippen LogP contribution in [0, 0.1) is 11.8 Å². The molecule has 3 heterocycles. The maximum Gasteiger partial charge on any atom is 0.437 e. The third-order valence-corrected chi connectivity index (χ3v) is 10.3. The highest BCUT2D eigenvalue weighted by molar-refractivity contribution is 6.08. The molecule has 3 atom stereocenters.